The number of nitrogens with one attached hydrogen (secondary N) is 1. The molecule has 3 nitrogen and oxygen atoms in total. The molecular formula is C14H28N2O. The Kier molecular flexibility index (Phi) is 4.11. The zero-order valence-corrected chi connectivity index (χ0v) is 11.8. The molecule has 2 heterocycles. The molecule has 17 heavy (non-hydrogen) atoms. The third kappa shape index (κ3) is 3.43. The smallest absolute Gasteiger partial charge is 0.0622 e. The van der Waals surface area contributed by atoms with Crippen LogP contribution in [0.5, 0.6) is 0 Å². The van der Waals surface area contributed by atoms with Gasteiger partial charge in [-0.2, -0.15) is 0 Å². The van der Waals surface area contributed by atoms with Crippen LogP contribution in [0.2, 0.25) is 0 Å². The van der Waals surface area contributed by atoms with Gasteiger partial charge in [-0.1, -0.05) is 13.8 Å². The third-order valence-electron chi connectivity index (χ3n) is 3.98. The van der Waals surface area contributed by atoms with E-state index in [0.717, 1.165) is 32.2 Å². The Balaban J connectivity index is 2.03. The zero-order valence-electron chi connectivity index (χ0n) is 11.8. The van der Waals surface area contributed by atoms with E-state index in [-0.39, 0.29) is 5.54 Å². The summed E-state index contributed by atoms with van der Waals surface area (Å²) in [6.07, 6.45) is 2.50. The van der Waals surface area contributed by atoms with Gasteiger partial charge in [0.05, 0.1) is 6.61 Å². The van der Waals surface area contributed by atoms with E-state index >= 15 is 0 Å². The van der Waals surface area contributed by atoms with Gasteiger partial charge in [0.25, 0.3) is 0 Å². The molecule has 0 saturated carbocycles. The van der Waals surface area contributed by atoms with Crippen molar-refractivity contribution < 1.29 is 4.74 Å². The monoisotopic (exact) mass is 240 g/mol. The summed E-state index contributed by atoms with van der Waals surface area (Å²) < 4.78 is 5.57. The molecule has 100 valence electrons. The van der Waals surface area contributed by atoms with Crippen molar-refractivity contribution in [2.24, 2.45) is 5.92 Å². The Labute approximate surface area is 106 Å². The fourth-order valence-corrected chi connectivity index (χ4v) is 3.13. The molecule has 0 amide bonds. The average Bonchev–Trinajstić information content (AvgIpc) is 2.73. The van der Waals surface area contributed by atoms with Gasteiger partial charge in [-0.3, -0.25) is 4.90 Å². The van der Waals surface area contributed by atoms with E-state index in [9.17, 15) is 0 Å². The van der Waals surface area contributed by atoms with Crippen LogP contribution < -0.4 is 5.32 Å². The fraction of sp³-hybridized carbons (Fsp3) is 1.00. The molecule has 2 aliphatic rings. The molecule has 2 unspecified atom stereocenters. The summed E-state index contributed by atoms with van der Waals surface area (Å²) >= 11 is 0. The molecule has 0 aromatic carbocycles. The van der Waals surface area contributed by atoms with Crippen LogP contribution in [0.3, 0.4) is 0 Å². The van der Waals surface area contributed by atoms with Crippen molar-refractivity contribution in [2.45, 2.75) is 58.2 Å². The van der Waals surface area contributed by atoms with Gasteiger partial charge in [0.2, 0.25) is 0 Å². The fourth-order valence-electron chi connectivity index (χ4n) is 3.13. The first-order valence-electron chi connectivity index (χ1n) is 7.06. The molecule has 2 atom stereocenters. The Morgan fingerprint density at radius 1 is 1.41 bits per heavy atom. The van der Waals surface area contributed by atoms with Crippen molar-refractivity contribution in [2.75, 3.05) is 26.3 Å². The van der Waals surface area contributed by atoms with Crippen molar-refractivity contribution in [3.63, 3.8) is 0 Å². The first-order valence-corrected chi connectivity index (χ1v) is 7.06. The summed E-state index contributed by atoms with van der Waals surface area (Å²) in [6.45, 7) is 13.4. The summed E-state index contributed by atoms with van der Waals surface area (Å²) in [5.41, 5.74) is 0.246. The highest BCUT2D eigenvalue weighted by Crippen LogP contribution is 2.25. The second kappa shape index (κ2) is 5.25. The summed E-state index contributed by atoms with van der Waals surface area (Å²) in [7, 11) is 0. The van der Waals surface area contributed by atoms with Crippen molar-refractivity contribution in [3.8, 4) is 0 Å². The van der Waals surface area contributed by atoms with Gasteiger partial charge in [0, 0.05) is 37.3 Å². The quantitative estimate of drug-likeness (QED) is 0.815. The molecule has 0 aromatic heterocycles. The maximum absolute atomic E-state index is 5.57. The van der Waals surface area contributed by atoms with Crippen LogP contribution in [0, 0.1) is 5.92 Å². The van der Waals surface area contributed by atoms with Crippen molar-refractivity contribution in [1.29, 1.82) is 0 Å². The number of piperazine rings is 1. The SMILES string of the molecule is CC(C)CC1CNC(C)(C)CN1C1CCOC1. The molecular weight excluding hydrogens is 212 g/mol. The van der Waals surface area contributed by atoms with Crippen LogP contribution in [0.1, 0.15) is 40.5 Å². The molecule has 2 rings (SSSR count). The lowest BCUT2D eigenvalue weighted by molar-refractivity contribution is 0.0377. The summed E-state index contributed by atoms with van der Waals surface area (Å²) in [4.78, 5) is 2.71. The lowest BCUT2D eigenvalue weighted by atomic mass is 9.92. The van der Waals surface area contributed by atoms with Gasteiger partial charge in [0.1, 0.15) is 0 Å². The lowest BCUT2D eigenvalue weighted by Gasteiger charge is -2.47. The zero-order chi connectivity index (χ0) is 12.5. The minimum Gasteiger partial charge on any atom is -0.380 e. The molecule has 2 aliphatic heterocycles. The van der Waals surface area contributed by atoms with Gasteiger partial charge >= 0.3 is 0 Å². The highest BCUT2D eigenvalue weighted by Gasteiger charge is 2.37. The second-order valence-corrected chi connectivity index (χ2v) is 6.74. The molecule has 0 spiro atoms. The molecule has 0 radical (unpaired) electrons. The first kappa shape index (κ1) is 13.3. The summed E-state index contributed by atoms with van der Waals surface area (Å²) in [5, 5.41) is 3.68. The molecule has 1 N–H and O–H groups in total. The van der Waals surface area contributed by atoms with Crippen LogP contribution in [0.25, 0.3) is 0 Å². The van der Waals surface area contributed by atoms with E-state index in [1.54, 1.807) is 0 Å². The van der Waals surface area contributed by atoms with E-state index < -0.39 is 0 Å². The number of ether oxygens (including phenoxy) is 1. The van der Waals surface area contributed by atoms with Gasteiger partial charge in [-0.05, 0) is 32.6 Å². The predicted molar refractivity (Wildman–Crippen MR) is 71.3 cm³/mol. The summed E-state index contributed by atoms with van der Waals surface area (Å²) in [5.74, 6) is 0.771. The van der Waals surface area contributed by atoms with Crippen molar-refractivity contribution in [3.05, 3.63) is 0 Å². The first-order chi connectivity index (χ1) is 7.98. The van der Waals surface area contributed by atoms with Crippen LogP contribution in [-0.2, 0) is 4.74 Å². The Bertz CT molecular complexity index is 247. The minimum absolute atomic E-state index is 0.246. The Hall–Kier alpha value is -0.120. The predicted octanol–water partition coefficient (Wildman–Crippen LogP) is 1.87. The molecule has 2 saturated heterocycles. The van der Waals surface area contributed by atoms with E-state index in [1.165, 1.54) is 12.8 Å². The average molecular weight is 240 g/mol. The Morgan fingerprint density at radius 3 is 2.76 bits per heavy atom. The van der Waals surface area contributed by atoms with Gasteiger partial charge in [-0.15, -0.1) is 0 Å². The van der Waals surface area contributed by atoms with Gasteiger partial charge in [-0.25, -0.2) is 0 Å². The minimum atomic E-state index is 0.246. The molecule has 0 aliphatic carbocycles. The maximum atomic E-state index is 5.57. The molecule has 0 bridgehead atoms. The van der Waals surface area contributed by atoms with Crippen LogP contribution in [-0.4, -0.2) is 48.8 Å². The largest absolute Gasteiger partial charge is 0.380 e. The second-order valence-electron chi connectivity index (χ2n) is 6.74. The van der Waals surface area contributed by atoms with E-state index in [0.29, 0.717) is 12.1 Å². The van der Waals surface area contributed by atoms with E-state index in [2.05, 4.69) is 37.9 Å². The number of hydrogen-bond donors (Lipinski definition) is 1. The summed E-state index contributed by atoms with van der Waals surface area (Å²) in [6, 6.07) is 1.34. The highest BCUT2D eigenvalue weighted by atomic mass is 16.5. The Morgan fingerprint density at radius 2 is 2.18 bits per heavy atom. The number of nitrogens with zero attached hydrogens (tertiary/aromatic N) is 1. The van der Waals surface area contributed by atoms with Gasteiger partial charge < -0.3 is 10.1 Å². The van der Waals surface area contributed by atoms with Crippen molar-refractivity contribution >= 4 is 0 Å². The molecule has 0 aromatic rings. The normalized spacial score (nSPS) is 34.4. The highest BCUT2D eigenvalue weighted by molar-refractivity contribution is 4.95. The lowest BCUT2D eigenvalue weighted by Crippen LogP contribution is -2.64. The third-order valence-corrected chi connectivity index (χ3v) is 3.98. The van der Waals surface area contributed by atoms with Crippen LogP contribution >= 0.6 is 0 Å². The standard InChI is InChI=1S/C14H28N2O/c1-11(2)7-13-8-15-14(3,4)10-16(13)12-5-6-17-9-12/h11-13,15H,5-10H2,1-4H3. The van der Waals surface area contributed by atoms with E-state index in [4.69, 9.17) is 4.74 Å². The number of hydrogen-bond acceptors (Lipinski definition) is 3. The molecule has 3 heteroatoms. The topological polar surface area (TPSA) is 24.5 Å². The van der Waals surface area contributed by atoms with E-state index in [1.807, 2.05) is 0 Å². The molecule has 2 fully saturated rings. The van der Waals surface area contributed by atoms with Gasteiger partial charge in [0.15, 0.2) is 0 Å². The van der Waals surface area contributed by atoms with Crippen molar-refractivity contribution in [1.82, 2.24) is 10.2 Å². The number of rotatable bonds is 3. The maximum Gasteiger partial charge on any atom is 0.0622 e. The van der Waals surface area contributed by atoms with Crippen LogP contribution in [0.4, 0.5) is 0 Å². The van der Waals surface area contributed by atoms with Crippen LogP contribution in [0.15, 0.2) is 0 Å².